The van der Waals surface area contributed by atoms with Gasteiger partial charge in [0.15, 0.2) is 0 Å². The molecule has 3 aromatic rings. The van der Waals surface area contributed by atoms with Crippen LogP contribution in [-0.2, 0) is 13.6 Å². The van der Waals surface area contributed by atoms with Crippen LogP contribution in [0.5, 0.6) is 0 Å². The Hall–Kier alpha value is -2.19. The zero-order chi connectivity index (χ0) is 17.3. The Morgan fingerprint density at radius 2 is 2.08 bits per heavy atom. The smallest absolute Gasteiger partial charge is 0.277 e. The number of aryl methyl sites for hydroxylation is 2. The minimum absolute atomic E-state index is 0.220. The number of benzene rings is 1. The van der Waals surface area contributed by atoms with Crippen molar-refractivity contribution in [2.75, 3.05) is 5.32 Å². The Morgan fingerprint density at radius 1 is 1.33 bits per heavy atom. The Bertz CT molecular complexity index is 903. The van der Waals surface area contributed by atoms with Gasteiger partial charge in [0.25, 0.3) is 5.91 Å². The number of hydrogen-bond acceptors (Lipinski definition) is 4. The molecule has 3 rings (SSSR count). The number of hydrogen-bond donors (Lipinski definition) is 1. The lowest BCUT2D eigenvalue weighted by molar-refractivity contribution is 0.101. The lowest BCUT2D eigenvalue weighted by atomic mass is 10.2. The van der Waals surface area contributed by atoms with Crippen LogP contribution < -0.4 is 5.32 Å². The fraction of sp³-hybridized carbons (Fsp3) is 0.200. The maximum absolute atomic E-state index is 12.4. The normalized spacial score (nSPS) is 10.8. The molecule has 0 atom stereocenters. The number of carbonyl (C=O) groups is 1. The van der Waals surface area contributed by atoms with E-state index in [1.807, 2.05) is 31.2 Å². The van der Waals surface area contributed by atoms with Crippen molar-refractivity contribution >= 4 is 39.4 Å². The van der Waals surface area contributed by atoms with Crippen molar-refractivity contribution in [1.82, 2.24) is 24.5 Å². The van der Waals surface area contributed by atoms with E-state index in [9.17, 15) is 4.79 Å². The van der Waals surface area contributed by atoms with Crippen molar-refractivity contribution < 1.29 is 4.79 Å². The quantitative estimate of drug-likeness (QED) is 0.718. The van der Waals surface area contributed by atoms with Gasteiger partial charge < -0.3 is 0 Å². The fourth-order valence-corrected chi connectivity index (χ4v) is 2.98. The molecular formula is C15H14BrClN6O. The predicted molar refractivity (Wildman–Crippen MR) is 94.2 cm³/mol. The minimum Gasteiger partial charge on any atom is -0.288 e. The van der Waals surface area contributed by atoms with Gasteiger partial charge >= 0.3 is 0 Å². The zero-order valence-corrected chi connectivity index (χ0v) is 15.3. The Kier molecular flexibility index (Phi) is 4.68. The summed E-state index contributed by atoms with van der Waals surface area (Å²) >= 11 is 9.50. The first kappa shape index (κ1) is 16.7. The first-order chi connectivity index (χ1) is 11.5. The van der Waals surface area contributed by atoms with Crippen LogP contribution in [0.15, 0.2) is 35.1 Å². The number of amides is 1. The van der Waals surface area contributed by atoms with Gasteiger partial charge in [-0.05, 0) is 34.5 Å². The maximum atomic E-state index is 12.4. The van der Waals surface area contributed by atoms with Crippen LogP contribution in [0.25, 0.3) is 0 Å². The summed E-state index contributed by atoms with van der Waals surface area (Å²) < 4.78 is 3.77. The van der Waals surface area contributed by atoms with E-state index >= 15 is 0 Å². The van der Waals surface area contributed by atoms with E-state index < -0.39 is 0 Å². The molecule has 9 heteroatoms. The van der Waals surface area contributed by atoms with Gasteiger partial charge in [-0.15, -0.1) is 5.10 Å². The summed E-state index contributed by atoms with van der Waals surface area (Å²) in [5, 5.41) is 11.8. The van der Waals surface area contributed by atoms with Gasteiger partial charge in [-0.1, -0.05) is 29.8 Å². The summed E-state index contributed by atoms with van der Waals surface area (Å²) in [7, 11) is 1.70. The van der Waals surface area contributed by atoms with Crippen LogP contribution >= 0.6 is 27.5 Å². The number of nitrogens with zero attached hydrogens (tertiary/aromatic N) is 5. The number of nitrogens with one attached hydrogen (secondary N) is 1. The van der Waals surface area contributed by atoms with Crippen LogP contribution in [-0.4, -0.2) is 30.5 Å². The van der Waals surface area contributed by atoms with E-state index in [0.717, 1.165) is 11.3 Å². The van der Waals surface area contributed by atoms with Crippen LogP contribution in [0.2, 0.25) is 5.02 Å². The third kappa shape index (κ3) is 3.34. The van der Waals surface area contributed by atoms with E-state index in [-0.39, 0.29) is 11.9 Å². The molecule has 1 amide bonds. The molecule has 24 heavy (non-hydrogen) atoms. The molecule has 0 saturated heterocycles. The summed E-state index contributed by atoms with van der Waals surface area (Å²) in [6, 6.07) is 7.51. The molecular weight excluding hydrogens is 396 g/mol. The molecule has 0 bridgehead atoms. The van der Waals surface area contributed by atoms with Gasteiger partial charge in [-0.3, -0.25) is 14.8 Å². The van der Waals surface area contributed by atoms with Crippen molar-refractivity contribution in [3.63, 3.8) is 0 Å². The van der Waals surface area contributed by atoms with Gasteiger partial charge in [0, 0.05) is 12.1 Å². The molecule has 7 nitrogen and oxygen atoms in total. The second-order valence-electron chi connectivity index (χ2n) is 5.18. The number of halogens is 2. The molecule has 124 valence electrons. The molecule has 0 fully saturated rings. The fourth-order valence-electron chi connectivity index (χ4n) is 2.27. The number of rotatable bonds is 4. The van der Waals surface area contributed by atoms with E-state index in [1.54, 1.807) is 18.1 Å². The maximum Gasteiger partial charge on any atom is 0.277 e. The average molecular weight is 410 g/mol. The largest absolute Gasteiger partial charge is 0.288 e. The monoisotopic (exact) mass is 408 g/mol. The molecule has 1 N–H and O–H groups in total. The summed E-state index contributed by atoms with van der Waals surface area (Å²) in [5.74, 6) is -0.113. The number of aromatic nitrogens is 5. The second-order valence-corrected chi connectivity index (χ2v) is 6.38. The molecule has 0 radical (unpaired) electrons. The molecule has 0 aliphatic rings. The molecule has 0 unspecified atom stereocenters. The highest BCUT2D eigenvalue weighted by molar-refractivity contribution is 9.10. The summed E-state index contributed by atoms with van der Waals surface area (Å²) in [6.07, 6.45) is 1.54. The molecule has 2 aromatic heterocycles. The van der Waals surface area contributed by atoms with Crippen molar-refractivity contribution in [2.24, 2.45) is 7.05 Å². The van der Waals surface area contributed by atoms with E-state index in [2.05, 4.69) is 36.4 Å². The standard InChI is InChI=1S/C15H14BrClN6O/c1-9-12(16)13(22(2)20-9)14(24)19-15-18-8-23(21-15)7-10-5-3-4-6-11(10)17/h3-6,8H,7H2,1-2H3,(H,19,21,24). The van der Waals surface area contributed by atoms with Gasteiger partial charge in [0.05, 0.1) is 16.7 Å². The van der Waals surface area contributed by atoms with E-state index in [1.165, 1.54) is 4.68 Å². The van der Waals surface area contributed by atoms with Crippen molar-refractivity contribution in [3.8, 4) is 0 Å². The average Bonchev–Trinajstić information content (AvgIpc) is 3.06. The Balaban J connectivity index is 1.74. The van der Waals surface area contributed by atoms with E-state index in [0.29, 0.717) is 21.7 Å². The Labute approximate surface area is 151 Å². The van der Waals surface area contributed by atoms with Crippen molar-refractivity contribution in [3.05, 3.63) is 57.0 Å². The SMILES string of the molecule is Cc1nn(C)c(C(=O)Nc2ncn(Cc3ccccc3Cl)n2)c1Br. The van der Waals surface area contributed by atoms with E-state index in [4.69, 9.17) is 11.6 Å². The van der Waals surface area contributed by atoms with Crippen LogP contribution in [0.1, 0.15) is 21.7 Å². The lowest BCUT2D eigenvalue weighted by Crippen LogP contribution is -2.17. The molecule has 0 aliphatic carbocycles. The molecule has 2 heterocycles. The third-order valence-electron chi connectivity index (χ3n) is 3.42. The van der Waals surface area contributed by atoms with Crippen LogP contribution in [0.3, 0.4) is 0 Å². The molecule has 0 aliphatic heterocycles. The number of anilines is 1. The third-order valence-corrected chi connectivity index (χ3v) is 4.73. The first-order valence-electron chi connectivity index (χ1n) is 7.09. The summed E-state index contributed by atoms with van der Waals surface area (Å²) in [6.45, 7) is 2.29. The topological polar surface area (TPSA) is 77.6 Å². The van der Waals surface area contributed by atoms with Crippen LogP contribution in [0, 0.1) is 6.92 Å². The molecule has 0 spiro atoms. The molecule has 1 aromatic carbocycles. The number of carbonyl (C=O) groups excluding carboxylic acids is 1. The second kappa shape index (κ2) is 6.74. The summed E-state index contributed by atoms with van der Waals surface area (Å²) in [4.78, 5) is 16.5. The highest BCUT2D eigenvalue weighted by atomic mass is 79.9. The first-order valence-corrected chi connectivity index (χ1v) is 8.26. The minimum atomic E-state index is -0.333. The van der Waals surface area contributed by atoms with Gasteiger partial charge in [-0.2, -0.15) is 5.10 Å². The van der Waals surface area contributed by atoms with Crippen molar-refractivity contribution in [2.45, 2.75) is 13.5 Å². The zero-order valence-electron chi connectivity index (χ0n) is 13.0. The van der Waals surface area contributed by atoms with Gasteiger partial charge in [0.2, 0.25) is 5.95 Å². The highest BCUT2D eigenvalue weighted by Gasteiger charge is 2.19. The van der Waals surface area contributed by atoms with Gasteiger partial charge in [-0.25, -0.2) is 9.67 Å². The van der Waals surface area contributed by atoms with Gasteiger partial charge in [0.1, 0.15) is 12.0 Å². The lowest BCUT2D eigenvalue weighted by Gasteiger charge is -2.04. The Morgan fingerprint density at radius 3 is 2.75 bits per heavy atom. The highest BCUT2D eigenvalue weighted by Crippen LogP contribution is 2.21. The molecule has 0 saturated carbocycles. The predicted octanol–water partition coefficient (Wildman–Crippen LogP) is 3.04. The van der Waals surface area contributed by atoms with Crippen molar-refractivity contribution in [1.29, 1.82) is 0 Å². The summed E-state index contributed by atoms with van der Waals surface area (Å²) in [5.41, 5.74) is 2.07. The van der Waals surface area contributed by atoms with Crippen LogP contribution in [0.4, 0.5) is 5.95 Å².